The predicted molar refractivity (Wildman–Crippen MR) is 132 cm³/mol. The number of aryl methyl sites for hydroxylation is 1. The molecule has 1 aromatic carbocycles. The molecule has 11 heteroatoms. The number of fused-ring (bicyclic) bond motifs is 2. The van der Waals surface area contributed by atoms with Crippen LogP contribution in [-0.4, -0.2) is 70.2 Å². The summed E-state index contributed by atoms with van der Waals surface area (Å²) in [6.45, 7) is 2.79. The highest BCUT2D eigenvalue weighted by atomic mass is 19.4. The number of alkyl halides is 3. The number of hydrogen-bond acceptors (Lipinski definition) is 6. The molecule has 2 N–H and O–H groups in total. The molecule has 3 aliphatic rings. The van der Waals surface area contributed by atoms with Crippen LogP contribution in [0.5, 0.6) is 0 Å². The topological polar surface area (TPSA) is 92.4 Å². The number of ether oxygens (including phenoxy) is 2. The van der Waals surface area contributed by atoms with E-state index in [2.05, 4.69) is 25.2 Å². The van der Waals surface area contributed by atoms with Gasteiger partial charge in [0.05, 0.1) is 35.8 Å². The van der Waals surface area contributed by atoms with Gasteiger partial charge >= 0.3 is 6.18 Å². The van der Waals surface area contributed by atoms with Crippen LogP contribution in [0.4, 0.5) is 13.2 Å². The standard InChI is InChI=1S/C27H30F3N5O3/c28-27(29,30)19-2-1-3-20-26(19)34-24(32-20)12-25(36)33-21-14-35(17-7-10-37-11-8-17)15-23(21)38-22-5-4-16-13-31-9-6-18(16)22/h1-3,6,9,13,17,21-23H,4-5,7-8,10-12,14-15H2,(H,32,34)(H,33,36)/t21?,22?,23-/m0/s1. The van der Waals surface area contributed by atoms with E-state index in [9.17, 15) is 18.0 Å². The molecule has 2 aromatic heterocycles. The number of likely N-dealkylation sites (tertiary alicyclic amines) is 1. The summed E-state index contributed by atoms with van der Waals surface area (Å²) < 4.78 is 52.3. The Kier molecular flexibility index (Phi) is 6.83. The Morgan fingerprint density at radius 2 is 2.03 bits per heavy atom. The van der Waals surface area contributed by atoms with Crippen molar-refractivity contribution in [2.75, 3.05) is 26.3 Å². The van der Waals surface area contributed by atoms with Crippen LogP contribution in [0.15, 0.2) is 36.7 Å². The van der Waals surface area contributed by atoms with E-state index in [4.69, 9.17) is 9.47 Å². The second kappa shape index (κ2) is 10.3. The molecule has 6 rings (SSSR count). The fourth-order valence-corrected chi connectivity index (χ4v) is 5.99. The zero-order valence-electron chi connectivity index (χ0n) is 20.8. The van der Waals surface area contributed by atoms with Crippen molar-refractivity contribution in [3.8, 4) is 0 Å². The molecule has 2 aliphatic heterocycles. The van der Waals surface area contributed by atoms with Gasteiger partial charge < -0.3 is 19.8 Å². The van der Waals surface area contributed by atoms with Crippen LogP contribution < -0.4 is 5.32 Å². The summed E-state index contributed by atoms with van der Waals surface area (Å²) in [5.41, 5.74) is 1.61. The summed E-state index contributed by atoms with van der Waals surface area (Å²) in [4.78, 5) is 26.7. The summed E-state index contributed by atoms with van der Waals surface area (Å²) in [5.74, 6) is -0.107. The molecule has 0 bridgehead atoms. The third kappa shape index (κ3) is 5.14. The normalized spacial score (nSPS) is 24.7. The number of halogens is 3. The average molecular weight is 530 g/mol. The zero-order chi connectivity index (χ0) is 26.3. The Balaban J connectivity index is 1.17. The van der Waals surface area contributed by atoms with Crippen LogP contribution in [0.1, 0.15) is 47.9 Å². The number of imidazole rings is 1. The smallest absolute Gasteiger partial charge is 0.381 e. The van der Waals surface area contributed by atoms with Gasteiger partial charge in [-0.2, -0.15) is 13.2 Å². The number of pyridine rings is 1. The zero-order valence-corrected chi connectivity index (χ0v) is 20.8. The summed E-state index contributed by atoms with van der Waals surface area (Å²) in [6.07, 6.45) is 2.39. The molecule has 1 aliphatic carbocycles. The molecule has 8 nitrogen and oxygen atoms in total. The lowest BCUT2D eigenvalue weighted by Gasteiger charge is -2.31. The van der Waals surface area contributed by atoms with Gasteiger partial charge in [0, 0.05) is 44.7 Å². The van der Waals surface area contributed by atoms with Gasteiger partial charge in [-0.3, -0.25) is 14.7 Å². The first kappa shape index (κ1) is 25.3. The van der Waals surface area contributed by atoms with Gasteiger partial charge in [-0.15, -0.1) is 0 Å². The first-order chi connectivity index (χ1) is 18.3. The highest BCUT2D eigenvalue weighted by molar-refractivity contribution is 5.82. The van der Waals surface area contributed by atoms with E-state index in [1.165, 1.54) is 17.7 Å². The quantitative estimate of drug-likeness (QED) is 0.507. The number of amides is 1. The summed E-state index contributed by atoms with van der Waals surface area (Å²) >= 11 is 0. The summed E-state index contributed by atoms with van der Waals surface area (Å²) in [7, 11) is 0. The molecule has 3 aromatic rings. The largest absolute Gasteiger partial charge is 0.418 e. The lowest BCUT2D eigenvalue weighted by Crippen LogP contribution is -2.45. The Morgan fingerprint density at radius 1 is 1.18 bits per heavy atom. The van der Waals surface area contributed by atoms with Gasteiger partial charge in [-0.1, -0.05) is 6.07 Å². The van der Waals surface area contributed by atoms with Crippen molar-refractivity contribution in [2.45, 2.75) is 62.6 Å². The third-order valence-corrected chi connectivity index (χ3v) is 7.85. The molecule has 0 radical (unpaired) electrons. The first-order valence-electron chi connectivity index (χ1n) is 13.1. The van der Waals surface area contributed by atoms with Crippen LogP contribution in [0, 0.1) is 0 Å². The molecule has 2 fully saturated rings. The molecule has 2 saturated heterocycles. The predicted octanol–water partition coefficient (Wildman–Crippen LogP) is 3.57. The SMILES string of the molecule is O=C(Cc1nc2c(C(F)(F)F)cccc2[nH]1)NC1CN(C2CCOCC2)C[C@@H]1OC1CCc2cnccc21. The molecule has 2 unspecified atom stereocenters. The van der Waals surface area contributed by atoms with Crippen LogP contribution in [0.2, 0.25) is 0 Å². The highest BCUT2D eigenvalue weighted by Gasteiger charge is 2.40. The van der Waals surface area contributed by atoms with Gasteiger partial charge in [-0.05, 0) is 55.0 Å². The van der Waals surface area contributed by atoms with E-state index >= 15 is 0 Å². The van der Waals surface area contributed by atoms with Crippen molar-refractivity contribution in [2.24, 2.45) is 0 Å². The molecule has 202 valence electrons. The molecule has 38 heavy (non-hydrogen) atoms. The van der Waals surface area contributed by atoms with E-state index < -0.39 is 11.7 Å². The number of aromatic nitrogens is 3. The van der Waals surface area contributed by atoms with E-state index in [-0.39, 0.29) is 47.4 Å². The van der Waals surface area contributed by atoms with Gasteiger partial charge in [0.15, 0.2) is 0 Å². The van der Waals surface area contributed by atoms with Crippen LogP contribution in [-0.2, 0) is 33.3 Å². The number of aromatic amines is 1. The number of carbonyl (C=O) groups excluding carboxylic acids is 1. The number of hydrogen-bond donors (Lipinski definition) is 2. The maximum absolute atomic E-state index is 13.4. The highest BCUT2D eigenvalue weighted by Crippen LogP contribution is 2.36. The van der Waals surface area contributed by atoms with E-state index in [1.807, 2.05) is 12.3 Å². The Labute approximate surface area is 217 Å². The van der Waals surface area contributed by atoms with Gasteiger partial charge in [0.1, 0.15) is 11.3 Å². The minimum absolute atomic E-state index is 0.0526. The van der Waals surface area contributed by atoms with Crippen molar-refractivity contribution in [3.63, 3.8) is 0 Å². The lowest BCUT2D eigenvalue weighted by atomic mass is 10.1. The Bertz CT molecular complexity index is 1310. The fraction of sp³-hybridized carbons (Fsp3) is 0.519. The molecule has 0 saturated carbocycles. The lowest BCUT2D eigenvalue weighted by molar-refractivity contribution is -0.136. The van der Waals surface area contributed by atoms with Gasteiger partial charge in [0.25, 0.3) is 0 Å². The van der Waals surface area contributed by atoms with Gasteiger partial charge in [0.2, 0.25) is 5.91 Å². The average Bonchev–Trinajstić information content (AvgIpc) is 3.61. The Hall–Kier alpha value is -3.02. The number of nitrogens with one attached hydrogen (secondary N) is 2. The van der Waals surface area contributed by atoms with Crippen LogP contribution in [0.25, 0.3) is 11.0 Å². The minimum Gasteiger partial charge on any atom is -0.381 e. The van der Waals surface area contributed by atoms with Crippen molar-refractivity contribution in [1.29, 1.82) is 0 Å². The van der Waals surface area contributed by atoms with Crippen LogP contribution in [0.3, 0.4) is 0 Å². The molecular weight excluding hydrogens is 499 g/mol. The summed E-state index contributed by atoms with van der Waals surface area (Å²) in [6, 6.07) is 5.98. The number of para-hydroxylation sites is 1. The number of H-pyrrole nitrogens is 1. The number of benzene rings is 1. The monoisotopic (exact) mass is 529 g/mol. The molecular formula is C27H30F3N5O3. The van der Waals surface area contributed by atoms with E-state index in [1.54, 1.807) is 6.20 Å². The first-order valence-corrected chi connectivity index (χ1v) is 13.1. The Morgan fingerprint density at radius 3 is 2.84 bits per heavy atom. The maximum atomic E-state index is 13.4. The molecule has 1 amide bonds. The fourth-order valence-electron chi connectivity index (χ4n) is 5.99. The van der Waals surface area contributed by atoms with Crippen LogP contribution >= 0.6 is 0 Å². The molecule has 3 atom stereocenters. The second-order valence-corrected chi connectivity index (χ2v) is 10.3. The van der Waals surface area contributed by atoms with Crippen molar-refractivity contribution in [3.05, 3.63) is 59.2 Å². The van der Waals surface area contributed by atoms with Crippen molar-refractivity contribution >= 4 is 16.9 Å². The third-order valence-electron chi connectivity index (χ3n) is 7.85. The van der Waals surface area contributed by atoms with Crippen molar-refractivity contribution in [1.82, 2.24) is 25.2 Å². The number of carbonyl (C=O) groups is 1. The van der Waals surface area contributed by atoms with E-state index in [0.717, 1.165) is 50.5 Å². The van der Waals surface area contributed by atoms with Crippen molar-refractivity contribution < 1.29 is 27.4 Å². The second-order valence-electron chi connectivity index (χ2n) is 10.3. The number of rotatable bonds is 6. The number of nitrogens with zero attached hydrogens (tertiary/aromatic N) is 3. The van der Waals surface area contributed by atoms with E-state index in [0.29, 0.717) is 19.1 Å². The molecule has 0 spiro atoms. The minimum atomic E-state index is -4.52. The van der Waals surface area contributed by atoms with Gasteiger partial charge in [-0.25, -0.2) is 4.98 Å². The maximum Gasteiger partial charge on any atom is 0.418 e. The summed E-state index contributed by atoms with van der Waals surface area (Å²) in [5, 5.41) is 3.10. The molecule has 4 heterocycles.